The van der Waals surface area contributed by atoms with Crippen LogP contribution in [0.25, 0.3) is 5.69 Å². The van der Waals surface area contributed by atoms with Gasteiger partial charge in [0.25, 0.3) is 5.56 Å². The van der Waals surface area contributed by atoms with Crippen molar-refractivity contribution in [2.45, 2.75) is 4.90 Å². The van der Waals surface area contributed by atoms with Crippen molar-refractivity contribution in [1.82, 2.24) is 9.78 Å². The molecule has 0 amide bonds. The zero-order valence-corrected chi connectivity index (χ0v) is 10.3. The Kier molecular flexibility index (Phi) is 2.92. The van der Waals surface area contributed by atoms with Crippen LogP contribution in [0.4, 0.5) is 0 Å². The first-order valence-electron chi connectivity index (χ1n) is 4.97. The Morgan fingerprint density at radius 1 is 1.22 bits per heavy atom. The van der Waals surface area contributed by atoms with Gasteiger partial charge in [-0.3, -0.25) is 4.79 Å². The molecule has 18 heavy (non-hydrogen) atoms. The maximum Gasteiger partial charge on any atom is 0.275 e. The van der Waals surface area contributed by atoms with Crippen LogP contribution >= 0.6 is 0 Å². The number of hydrogen-bond donors (Lipinski definition) is 1. The molecular weight excluding hydrogens is 256 g/mol. The maximum absolute atomic E-state index is 11.5. The molecule has 7 heteroatoms. The van der Waals surface area contributed by atoms with Gasteiger partial charge in [-0.1, -0.05) is 0 Å². The maximum atomic E-state index is 11.5. The largest absolute Gasteiger partial charge is 0.506 e. The predicted octanol–water partition coefficient (Wildman–Crippen LogP) is 0.342. The van der Waals surface area contributed by atoms with E-state index < -0.39 is 15.4 Å². The van der Waals surface area contributed by atoms with Gasteiger partial charge in [0.2, 0.25) is 0 Å². The van der Waals surface area contributed by atoms with Crippen LogP contribution in [0.5, 0.6) is 5.75 Å². The summed E-state index contributed by atoms with van der Waals surface area (Å²) < 4.78 is 23.6. The van der Waals surface area contributed by atoms with Crippen molar-refractivity contribution < 1.29 is 13.5 Å². The van der Waals surface area contributed by atoms with Gasteiger partial charge in [-0.15, -0.1) is 0 Å². The summed E-state index contributed by atoms with van der Waals surface area (Å²) in [5, 5.41) is 12.8. The van der Waals surface area contributed by atoms with Crippen molar-refractivity contribution in [3.05, 3.63) is 46.9 Å². The van der Waals surface area contributed by atoms with Crippen LogP contribution in [0.15, 0.2) is 46.2 Å². The van der Waals surface area contributed by atoms with Crippen molar-refractivity contribution in [2.75, 3.05) is 6.26 Å². The van der Waals surface area contributed by atoms with Crippen LogP contribution in [0, 0.1) is 0 Å². The fourth-order valence-corrected chi connectivity index (χ4v) is 2.06. The third kappa shape index (κ3) is 2.40. The van der Waals surface area contributed by atoms with Gasteiger partial charge in [-0.05, 0) is 24.3 Å². The Morgan fingerprint density at radius 2 is 1.83 bits per heavy atom. The summed E-state index contributed by atoms with van der Waals surface area (Å²) in [4.78, 5) is 11.7. The number of aromatic nitrogens is 2. The Labute approximate surface area is 103 Å². The lowest BCUT2D eigenvalue weighted by molar-refractivity contribution is 0.467. The third-order valence-electron chi connectivity index (χ3n) is 2.30. The molecule has 2 rings (SSSR count). The molecule has 1 heterocycles. The predicted molar refractivity (Wildman–Crippen MR) is 64.6 cm³/mol. The highest BCUT2D eigenvalue weighted by Gasteiger charge is 2.08. The quantitative estimate of drug-likeness (QED) is 0.846. The van der Waals surface area contributed by atoms with Crippen LogP contribution in [0.2, 0.25) is 0 Å². The van der Waals surface area contributed by atoms with Crippen molar-refractivity contribution in [3.63, 3.8) is 0 Å². The summed E-state index contributed by atoms with van der Waals surface area (Å²) in [7, 11) is -3.27. The van der Waals surface area contributed by atoms with Gasteiger partial charge in [0.1, 0.15) is 5.75 Å². The van der Waals surface area contributed by atoms with Crippen LogP contribution in [-0.4, -0.2) is 29.6 Å². The molecule has 2 aromatic rings. The molecule has 0 aliphatic rings. The van der Waals surface area contributed by atoms with Crippen molar-refractivity contribution in [2.24, 2.45) is 0 Å². The first kappa shape index (κ1) is 12.3. The number of benzene rings is 1. The summed E-state index contributed by atoms with van der Waals surface area (Å²) >= 11 is 0. The minimum Gasteiger partial charge on any atom is -0.506 e. The molecule has 1 aromatic carbocycles. The van der Waals surface area contributed by atoms with Crippen molar-refractivity contribution in [3.8, 4) is 11.4 Å². The minimum absolute atomic E-state index is 0.165. The van der Waals surface area contributed by atoms with E-state index in [1.165, 1.54) is 24.3 Å². The summed E-state index contributed by atoms with van der Waals surface area (Å²) in [6.45, 7) is 0. The molecule has 0 atom stereocenters. The Bertz CT molecular complexity index is 732. The first-order valence-corrected chi connectivity index (χ1v) is 6.86. The molecule has 0 aliphatic carbocycles. The molecule has 6 nitrogen and oxygen atoms in total. The van der Waals surface area contributed by atoms with E-state index in [2.05, 4.69) is 5.10 Å². The average molecular weight is 266 g/mol. The van der Waals surface area contributed by atoms with Gasteiger partial charge in [-0.2, -0.15) is 9.78 Å². The van der Waals surface area contributed by atoms with Gasteiger partial charge in [0, 0.05) is 12.3 Å². The van der Waals surface area contributed by atoms with Gasteiger partial charge in [0.15, 0.2) is 9.84 Å². The van der Waals surface area contributed by atoms with Crippen LogP contribution in [-0.2, 0) is 9.84 Å². The first-order chi connectivity index (χ1) is 8.38. The van der Waals surface area contributed by atoms with Gasteiger partial charge in [-0.25, -0.2) is 8.42 Å². The second-order valence-electron chi connectivity index (χ2n) is 3.73. The number of sulfone groups is 1. The fourth-order valence-electron chi connectivity index (χ4n) is 1.43. The van der Waals surface area contributed by atoms with E-state index in [1.54, 1.807) is 0 Å². The zero-order valence-electron chi connectivity index (χ0n) is 9.44. The molecule has 1 N–H and O–H groups in total. The van der Waals surface area contributed by atoms with Crippen LogP contribution in [0.1, 0.15) is 0 Å². The van der Waals surface area contributed by atoms with E-state index in [-0.39, 0.29) is 10.6 Å². The van der Waals surface area contributed by atoms with Crippen molar-refractivity contribution >= 4 is 9.84 Å². The molecule has 0 radical (unpaired) electrons. The topological polar surface area (TPSA) is 89.3 Å². The molecule has 0 unspecified atom stereocenters. The van der Waals surface area contributed by atoms with E-state index >= 15 is 0 Å². The Hall–Kier alpha value is -2.15. The van der Waals surface area contributed by atoms with Gasteiger partial charge >= 0.3 is 0 Å². The second-order valence-corrected chi connectivity index (χ2v) is 5.75. The molecule has 0 fully saturated rings. The SMILES string of the molecule is CS(=O)(=O)c1ccc(-n2ncc(O)cc2=O)cc1. The van der Waals surface area contributed by atoms with Crippen LogP contribution < -0.4 is 5.56 Å². The summed E-state index contributed by atoms with van der Waals surface area (Å²) in [6, 6.07) is 6.76. The standard InChI is InChI=1S/C11H10N2O4S/c1-18(16,17)10-4-2-8(3-5-10)13-11(15)6-9(14)7-12-13/h2-7,14H,1H3. The lowest BCUT2D eigenvalue weighted by Gasteiger charge is -2.04. The van der Waals surface area contributed by atoms with Gasteiger partial charge in [0.05, 0.1) is 16.8 Å². The van der Waals surface area contributed by atoms with E-state index in [9.17, 15) is 13.2 Å². The molecule has 0 aliphatic heterocycles. The average Bonchev–Trinajstić information content (AvgIpc) is 2.28. The second kappa shape index (κ2) is 4.26. The molecule has 0 spiro atoms. The summed E-state index contributed by atoms with van der Waals surface area (Å²) in [5.41, 5.74) is -0.0745. The monoisotopic (exact) mass is 266 g/mol. The molecule has 94 valence electrons. The van der Waals surface area contributed by atoms with Crippen molar-refractivity contribution in [1.29, 1.82) is 0 Å². The number of hydrogen-bond acceptors (Lipinski definition) is 5. The highest BCUT2D eigenvalue weighted by molar-refractivity contribution is 7.90. The zero-order chi connectivity index (χ0) is 13.3. The number of nitrogens with zero attached hydrogens (tertiary/aromatic N) is 2. The van der Waals surface area contributed by atoms with Gasteiger partial charge < -0.3 is 5.11 Å². The Balaban J connectivity index is 2.50. The Morgan fingerprint density at radius 3 is 2.33 bits per heavy atom. The number of rotatable bonds is 2. The van der Waals surface area contributed by atoms with E-state index in [0.717, 1.165) is 23.2 Å². The highest BCUT2D eigenvalue weighted by atomic mass is 32.2. The third-order valence-corrected chi connectivity index (χ3v) is 3.42. The smallest absolute Gasteiger partial charge is 0.275 e. The molecule has 0 saturated heterocycles. The normalized spacial score (nSPS) is 11.4. The fraction of sp³-hybridized carbons (Fsp3) is 0.0909. The lowest BCUT2D eigenvalue weighted by Crippen LogP contribution is -2.19. The number of aromatic hydroxyl groups is 1. The lowest BCUT2D eigenvalue weighted by atomic mass is 10.3. The molecule has 0 bridgehead atoms. The van der Waals surface area contributed by atoms with E-state index in [1.807, 2.05) is 0 Å². The molecule has 0 saturated carbocycles. The molecular formula is C11H10N2O4S. The highest BCUT2D eigenvalue weighted by Crippen LogP contribution is 2.12. The summed E-state index contributed by atoms with van der Waals surface area (Å²) in [6.07, 6.45) is 2.23. The van der Waals surface area contributed by atoms with E-state index in [4.69, 9.17) is 5.11 Å². The minimum atomic E-state index is -3.27. The summed E-state index contributed by atoms with van der Waals surface area (Å²) in [5.74, 6) is -0.219. The molecule has 1 aromatic heterocycles. The van der Waals surface area contributed by atoms with E-state index in [0.29, 0.717) is 5.69 Å². The van der Waals surface area contributed by atoms with Crippen LogP contribution in [0.3, 0.4) is 0 Å².